The fourth-order valence-electron chi connectivity index (χ4n) is 8.29. The molecule has 31 heavy (non-hydrogen) atoms. The van der Waals surface area contributed by atoms with Crippen LogP contribution in [0.2, 0.25) is 0 Å². The molecule has 4 heteroatoms. The summed E-state index contributed by atoms with van der Waals surface area (Å²) in [7, 11) is 2.28. The Morgan fingerprint density at radius 2 is 1.90 bits per heavy atom. The third-order valence-electron chi connectivity index (χ3n) is 10.5. The number of aliphatic hydroxyl groups is 2. The van der Waals surface area contributed by atoms with E-state index in [1.54, 1.807) is 11.1 Å². The highest BCUT2D eigenvalue weighted by atomic mass is 16.5. The van der Waals surface area contributed by atoms with Gasteiger partial charge in [0, 0.05) is 22.6 Å². The van der Waals surface area contributed by atoms with E-state index in [1.165, 1.54) is 11.1 Å². The van der Waals surface area contributed by atoms with Crippen LogP contribution >= 0.6 is 0 Å². The average molecular weight is 424 g/mol. The summed E-state index contributed by atoms with van der Waals surface area (Å²) in [6.45, 7) is 13.0. The Balaban J connectivity index is 1.67. The van der Waals surface area contributed by atoms with E-state index in [1.807, 2.05) is 0 Å². The summed E-state index contributed by atoms with van der Waals surface area (Å²) in [6, 6.07) is 4.71. The van der Waals surface area contributed by atoms with Gasteiger partial charge in [0.05, 0.1) is 18.6 Å². The first kappa shape index (κ1) is 20.3. The molecule has 5 atom stereocenters. The van der Waals surface area contributed by atoms with E-state index in [2.05, 4.69) is 58.7 Å². The number of hydrogen-bond acceptors (Lipinski definition) is 4. The topological polar surface area (TPSA) is 52.9 Å². The third kappa shape index (κ3) is 2.01. The van der Waals surface area contributed by atoms with Crippen molar-refractivity contribution in [3.8, 4) is 5.75 Å². The molecule has 1 spiro atoms. The van der Waals surface area contributed by atoms with E-state index in [0.717, 1.165) is 37.1 Å². The van der Waals surface area contributed by atoms with Gasteiger partial charge >= 0.3 is 0 Å². The standard InChI is InChI=1S/C27H37NO3/c1-24(2,3)25(4,5)22-17-12-26(22,14-30)23-27-9-10-28(6)18(20(17)27)11-15-7-8-16(13-29)21(31-23)19(15)27/h7-8,18,22-23,29-30H,9-14H2,1-6H3/t18?,22-,23?,26-,27?/m1/s1. The number of rotatable bonds is 3. The second kappa shape index (κ2) is 5.76. The van der Waals surface area contributed by atoms with Crippen LogP contribution in [0.3, 0.4) is 0 Å². The number of likely N-dealkylation sites (tertiary alicyclic amines) is 1. The largest absolute Gasteiger partial charge is 0.488 e. The van der Waals surface area contributed by atoms with Crippen molar-refractivity contribution in [2.75, 3.05) is 20.2 Å². The molecule has 2 aliphatic heterocycles. The highest BCUT2D eigenvalue weighted by Gasteiger charge is 2.76. The lowest BCUT2D eigenvalue weighted by Gasteiger charge is -2.71. The molecular weight excluding hydrogens is 386 g/mol. The monoisotopic (exact) mass is 423 g/mol. The van der Waals surface area contributed by atoms with Crippen LogP contribution in [0.1, 0.15) is 64.2 Å². The highest BCUT2D eigenvalue weighted by Crippen LogP contribution is 2.77. The highest BCUT2D eigenvalue weighted by molar-refractivity contribution is 5.68. The number of hydrogen-bond donors (Lipinski definition) is 2. The maximum absolute atomic E-state index is 11.0. The molecule has 7 rings (SSSR count). The van der Waals surface area contributed by atoms with Crippen LogP contribution in [-0.2, 0) is 18.4 Å². The Morgan fingerprint density at radius 3 is 2.55 bits per heavy atom. The van der Waals surface area contributed by atoms with Crippen molar-refractivity contribution >= 4 is 0 Å². The second-order valence-corrected chi connectivity index (χ2v) is 12.6. The minimum Gasteiger partial charge on any atom is -0.488 e. The van der Waals surface area contributed by atoms with Crippen LogP contribution in [0.4, 0.5) is 0 Å². The molecule has 2 N–H and O–H groups in total. The Kier molecular flexibility index (Phi) is 3.76. The van der Waals surface area contributed by atoms with Gasteiger partial charge in [-0.15, -0.1) is 0 Å². The number of likely N-dealkylation sites (N-methyl/N-ethyl adjacent to an activating group) is 1. The molecule has 2 fully saturated rings. The lowest BCUT2D eigenvalue weighted by Crippen LogP contribution is -2.73. The molecule has 0 amide bonds. The molecule has 3 unspecified atom stereocenters. The van der Waals surface area contributed by atoms with E-state index in [4.69, 9.17) is 4.74 Å². The van der Waals surface area contributed by atoms with E-state index >= 15 is 0 Å². The number of aliphatic hydroxyl groups excluding tert-OH is 2. The molecule has 4 aliphatic carbocycles. The molecule has 0 aromatic heterocycles. The summed E-state index contributed by atoms with van der Waals surface area (Å²) in [5, 5.41) is 21.1. The summed E-state index contributed by atoms with van der Waals surface area (Å²) in [4.78, 5) is 2.55. The van der Waals surface area contributed by atoms with Gasteiger partial charge in [-0.05, 0) is 60.7 Å². The number of benzene rings is 1. The Hall–Kier alpha value is -1.36. The molecule has 1 saturated heterocycles. The van der Waals surface area contributed by atoms with E-state index < -0.39 is 0 Å². The predicted octanol–water partition coefficient (Wildman–Crippen LogP) is 3.82. The van der Waals surface area contributed by atoms with Gasteiger partial charge in [0.25, 0.3) is 0 Å². The van der Waals surface area contributed by atoms with Gasteiger partial charge in [-0.1, -0.05) is 52.3 Å². The lowest BCUT2D eigenvalue weighted by molar-refractivity contribution is -0.168. The second-order valence-electron chi connectivity index (χ2n) is 12.6. The van der Waals surface area contributed by atoms with Crippen molar-refractivity contribution in [2.24, 2.45) is 22.2 Å². The first-order valence-electron chi connectivity index (χ1n) is 12.0. The number of nitrogens with zero attached hydrogens (tertiary/aromatic N) is 1. The average Bonchev–Trinajstić information content (AvgIpc) is 3.04. The maximum Gasteiger partial charge on any atom is 0.129 e. The zero-order chi connectivity index (χ0) is 22.1. The first-order valence-corrected chi connectivity index (χ1v) is 12.0. The minimum atomic E-state index is -0.254. The molecule has 2 heterocycles. The van der Waals surface area contributed by atoms with Gasteiger partial charge < -0.3 is 14.9 Å². The van der Waals surface area contributed by atoms with E-state index in [0.29, 0.717) is 12.0 Å². The zero-order valence-corrected chi connectivity index (χ0v) is 19.9. The zero-order valence-electron chi connectivity index (χ0n) is 19.9. The lowest BCUT2D eigenvalue weighted by atomic mass is 9.34. The van der Waals surface area contributed by atoms with Crippen molar-refractivity contribution < 1.29 is 14.9 Å². The maximum atomic E-state index is 11.0. The smallest absolute Gasteiger partial charge is 0.129 e. The Labute approximate surface area is 186 Å². The fraction of sp³-hybridized carbons (Fsp3) is 0.704. The predicted molar refractivity (Wildman–Crippen MR) is 121 cm³/mol. The molecule has 1 saturated carbocycles. The van der Waals surface area contributed by atoms with E-state index in [-0.39, 0.29) is 41.0 Å². The molecule has 1 aromatic carbocycles. The van der Waals surface area contributed by atoms with Crippen LogP contribution in [0, 0.1) is 22.2 Å². The summed E-state index contributed by atoms with van der Waals surface area (Å²) >= 11 is 0. The summed E-state index contributed by atoms with van der Waals surface area (Å²) in [5.41, 5.74) is 6.63. The van der Waals surface area contributed by atoms with Crippen molar-refractivity contribution in [2.45, 2.75) is 78.0 Å². The van der Waals surface area contributed by atoms with Crippen LogP contribution in [-0.4, -0.2) is 47.5 Å². The third-order valence-corrected chi connectivity index (χ3v) is 10.5. The Bertz CT molecular complexity index is 1020. The fourth-order valence-corrected chi connectivity index (χ4v) is 8.29. The molecule has 4 nitrogen and oxygen atoms in total. The van der Waals surface area contributed by atoms with Gasteiger partial charge in [-0.25, -0.2) is 0 Å². The van der Waals surface area contributed by atoms with Crippen molar-refractivity contribution in [1.29, 1.82) is 0 Å². The van der Waals surface area contributed by atoms with Crippen molar-refractivity contribution in [3.63, 3.8) is 0 Å². The Morgan fingerprint density at radius 1 is 1.16 bits per heavy atom. The van der Waals surface area contributed by atoms with Crippen molar-refractivity contribution in [1.82, 2.24) is 4.90 Å². The molecule has 4 bridgehead atoms. The quantitative estimate of drug-likeness (QED) is 0.726. The van der Waals surface area contributed by atoms with Crippen LogP contribution < -0.4 is 4.74 Å². The summed E-state index contributed by atoms with van der Waals surface area (Å²) in [6.07, 6.45) is 2.98. The first-order chi connectivity index (χ1) is 14.5. The van der Waals surface area contributed by atoms with Crippen LogP contribution in [0.25, 0.3) is 0 Å². The van der Waals surface area contributed by atoms with Crippen LogP contribution in [0.15, 0.2) is 23.3 Å². The van der Waals surface area contributed by atoms with Crippen molar-refractivity contribution in [3.05, 3.63) is 40.0 Å². The molecule has 0 radical (unpaired) electrons. The van der Waals surface area contributed by atoms with Gasteiger partial charge in [0.1, 0.15) is 11.9 Å². The number of allylic oxidation sites excluding steroid dienone is 1. The molecule has 1 aromatic rings. The minimum absolute atomic E-state index is 0.00366. The molecule has 168 valence electrons. The summed E-state index contributed by atoms with van der Waals surface area (Å²) in [5.74, 6) is 1.25. The van der Waals surface area contributed by atoms with Gasteiger partial charge in [0.15, 0.2) is 0 Å². The van der Waals surface area contributed by atoms with E-state index in [9.17, 15) is 10.2 Å². The molecule has 6 aliphatic rings. The van der Waals surface area contributed by atoms with Gasteiger partial charge in [-0.3, -0.25) is 4.90 Å². The SMILES string of the molecule is CN1CCC23C4=C5C[C@](CO)(C2Oc2c(CO)ccc(c23)CC41)[C@H]5C(C)(C)C(C)(C)C. The summed E-state index contributed by atoms with van der Waals surface area (Å²) < 4.78 is 6.95. The normalized spacial score (nSPS) is 38.0. The van der Waals surface area contributed by atoms with Crippen LogP contribution in [0.5, 0.6) is 5.75 Å². The number of ether oxygens (including phenoxy) is 1. The van der Waals surface area contributed by atoms with Gasteiger partial charge in [-0.2, -0.15) is 0 Å². The molecular formula is C27H37NO3. The van der Waals surface area contributed by atoms with Gasteiger partial charge in [0.2, 0.25) is 0 Å². The number of piperidine rings is 1.